The molecule has 1 spiro atoms. The van der Waals surface area contributed by atoms with E-state index in [1.807, 2.05) is 24.3 Å². The minimum Gasteiger partial charge on any atom is -0.463 e. The molecule has 0 radical (unpaired) electrons. The van der Waals surface area contributed by atoms with Crippen LogP contribution in [0.2, 0.25) is 0 Å². The number of rotatable bonds is 2. The van der Waals surface area contributed by atoms with E-state index in [9.17, 15) is 0 Å². The number of ether oxygens (including phenoxy) is 1. The number of fused-ring (bicyclic) bond motifs is 2. The van der Waals surface area contributed by atoms with E-state index >= 15 is 0 Å². The Morgan fingerprint density at radius 1 is 1.09 bits per heavy atom. The van der Waals surface area contributed by atoms with Gasteiger partial charge in [-0.1, -0.05) is 42.5 Å². The van der Waals surface area contributed by atoms with Crippen molar-refractivity contribution in [2.75, 3.05) is 11.4 Å². The molecule has 0 saturated heterocycles. The van der Waals surface area contributed by atoms with Crippen molar-refractivity contribution < 1.29 is 4.74 Å². The van der Waals surface area contributed by atoms with Gasteiger partial charge >= 0.3 is 0 Å². The van der Waals surface area contributed by atoms with Gasteiger partial charge in [0.05, 0.1) is 5.41 Å². The van der Waals surface area contributed by atoms with Crippen molar-refractivity contribution >= 4 is 11.8 Å². The first kappa shape index (κ1) is 14.1. The maximum absolute atomic E-state index is 6.63. The van der Waals surface area contributed by atoms with E-state index in [0.717, 1.165) is 17.9 Å². The fraction of sp³-hybridized carbons (Fsp3) is 0.238. The lowest BCUT2D eigenvalue weighted by atomic mass is 9.76. The minimum atomic E-state index is -0.529. The van der Waals surface area contributed by atoms with Gasteiger partial charge in [-0.2, -0.15) is 0 Å². The van der Waals surface area contributed by atoms with Crippen molar-refractivity contribution in [3.05, 3.63) is 78.4 Å². The Morgan fingerprint density at radius 3 is 2.65 bits per heavy atom. The summed E-state index contributed by atoms with van der Waals surface area (Å²) in [7, 11) is 0. The third kappa shape index (κ3) is 1.75. The van der Waals surface area contributed by atoms with Crippen LogP contribution in [0.4, 0.5) is 5.69 Å². The molecule has 116 valence electrons. The summed E-state index contributed by atoms with van der Waals surface area (Å²) in [5, 5.41) is 0. The van der Waals surface area contributed by atoms with Crippen LogP contribution < -0.4 is 9.64 Å². The molecular weight excluding hydrogens is 282 g/mol. The molecule has 2 aromatic rings. The van der Waals surface area contributed by atoms with Crippen molar-refractivity contribution in [1.82, 2.24) is 0 Å². The van der Waals surface area contributed by atoms with Gasteiger partial charge in [0.1, 0.15) is 5.75 Å². The predicted octanol–water partition coefficient (Wildman–Crippen LogP) is 4.77. The van der Waals surface area contributed by atoms with E-state index in [2.05, 4.69) is 67.8 Å². The molecule has 2 nitrogen and oxygen atoms in total. The lowest BCUT2D eigenvalue weighted by molar-refractivity contribution is 0.0555. The molecule has 2 aliphatic heterocycles. The standard InChI is InChI=1S/C21H21NO/c1-4-15-22-18-11-7-6-10-17(18)20(2,3)21(22)14-13-16-9-5-8-12-19(16)23-21/h4-14H,1,15H2,2-3H3. The fourth-order valence-electron chi connectivity index (χ4n) is 3.91. The van der Waals surface area contributed by atoms with E-state index in [4.69, 9.17) is 4.74 Å². The van der Waals surface area contributed by atoms with E-state index < -0.39 is 5.72 Å². The monoisotopic (exact) mass is 303 g/mol. The molecule has 23 heavy (non-hydrogen) atoms. The highest BCUT2D eigenvalue weighted by Gasteiger charge is 2.58. The van der Waals surface area contributed by atoms with Crippen LogP contribution in [-0.2, 0) is 5.41 Å². The topological polar surface area (TPSA) is 12.5 Å². The lowest BCUT2D eigenvalue weighted by Gasteiger charge is -2.46. The van der Waals surface area contributed by atoms with Gasteiger partial charge < -0.3 is 9.64 Å². The van der Waals surface area contributed by atoms with Crippen molar-refractivity contribution in [3.63, 3.8) is 0 Å². The first-order valence-electron chi connectivity index (χ1n) is 8.05. The normalized spacial score (nSPS) is 23.3. The summed E-state index contributed by atoms with van der Waals surface area (Å²) in [4.78, 5) is 2.32. The van der Waals surface area contributed by atoms with Gasteiger partial charge in [0.25, 0.3) is 0 Å². The van der Waals surface area contributed by atoms with E-state index in [1.54, 1.807) is 0 Å². The first-order chi connectivity index (χ1) is 11.1. The van der Waals surface area contributed by atoms with Crippen LogP contribution in [0.15, 0.2) is 67.3 Å². The van der Waals surface area contributed by atoms with Crippen LogP contribution in [0, 0.1) is 0 Å². The molecule has 0 aliphatic carbocycles. The molecule has 0 amide bonds. The molecule has 2 aliphatic rings. The quantitative estimate of drug-likeness (QED) is 0.741. The number of nitrogens with zero attached hydrogens (tertiary/aromatic N) is 1. The maximum atomic E-state index is 6.63. The number of anilines is 1. The molecule has 2 heteroatoms. The molecule has 0 fully saturated rings. The Bertz CT molecular complexity index is 805. The Labute approximate surface area is 137 Å². The molecular formula is C21H21NO. The number of hydrogen-bond acceptors (Lipinski definition) is 2. The summed E-state index contributed by atoms with van der Waals surface area (Å²) in [6, 6.07) is 16.8. The molecule has 2 heterocycles. The Balaban J connectivity index is 1.93. The van der Waals surface area contributed by atoms with Gasteiger partial charge in [0, 0.05) is 17.8 Å². The molecule has 4 rings (SSSR count). The molecule has 0 N–H and O–H groups in total. The third-order valence-electron chi connectivity index (χ3n) is 5.15. The zero-order valence-electron chi connectivity index (χ0n) is 13.6. The molecule has 1 unspecified atom stereocenters. The van der Waals surface area contributed by atoms with Crippen LogP contribution in [-0.4, -0.2) is 12.3 Å². The van der Waals surface area contributed by atoms with Gasteiger partial charge in [-0.05, 0) is 43.7 Å². The second-order valence-corrected chi connectivity index (χ2v) is 6.71. The van der Waals surface area contributed by atoms with Crippen LogP contribution in [0.1, 0.15) is 25.0 Å². The van der Waals surface area contributed by atoms with Crippen molar-refractivity contribution in [2.24, 2.45) is 0 Å². The summed E-state index contributed by atoms with van der Waals surface area (Å²) in [5.74, 6) is 0.935. The van der Waals surface area contributed by atoms with Gasteiger partial charge in [-0.15, -0.1) is 6.58 Å². The number of hydrogen-bond donors (Lipinski definition) is 0. The second kappa shape index (κ2) is 4.76. The van der Waals surface area contributed by atoms with Crippen molar-refractivity contribution in [3.8, 4) is 5.75 Å². The van der Waals surface area contributed by atoms with E-state index in [1.165, 1.54) is 11.3 Å². The zero-order chi connectivity index (χ0) is 16.1. The molecule has 2 aromatic carbocycles. The smallest absolute Gasteiger partial charge is 0.212 e. The van der Waals surface area contributed by atoms with Crippen LogP contribution in [0.3, 0.4) is 0 Å². The summed E-state index contributed by atoms with van der Waals surface area (Å²) < 4.78 is 6.63. The summed E-state index contributed by atoms with van der Waals surface area (Å²) >= 11 is 0. The molecule has 0 bridgehead atoms. The van der Waals surface area contributed by atoms with E-state index in [-0.39, 0.29) is 5.41 Å². The largest absolute Gasteiger partial charge is 0.463 e. The van der Waals surface area contributed by atoms with Gasteiger partial charge in [-0.25, -0.2) is 0 Å². The Morgan fingerprint density at radius 2 is 1.83 bits per heavy atom. The summed E-state index contributed by atoms with van der Waals surface area (Å²) in [6.45, 7) is 9.20. The van der Waals surface area contributed by atoms with Gasteiger partial charge in [0.2, 0.25) is 5.72 Å². The fourth-order valence-corrected chi connectivity index (χ4v) is 3.91. The second-order valence-electron chi connectivity index (χ2n) is 6.71. The average molecular weight is 303 g/mol. The highest BCUT2D eigenvalue weighted by atomic mass is 16.5. The van der Waals surface area contributed by atoms with Gasteiger partial charge in [-0.3, -0.25) is 0 Å². The third-order valence-corrected chi connectivity index (χ3v) is 5.15. The summed E-state index contributed by atoms with van der Waals surface area (Å²) in [5.41, 5.74) is 2.96. The zero-order valence-corrected chi connectivity index (χ0v) is 13.6. The predicted molar refractivity (Wildman–Crippen MR) is 95.8 cm³/mol. The van der Waals surface area contributed by atoms with E-state index in [0.29, 0.717) is 0 Å². The first-order valence-corrected chi connectivity index (χ1v) is 8.05. The van der Waals surface area contributed by atoms with Crippen LogP contribution in [0.25, 0.3) is 6.08 Å². The molecule has 0 aromatic heterocycles. The van der Waals surface area contributed by atoms with Crippen molar-refractivity contribution in [1.29, 1.82) is 0 Å². The molecule has 0 saturated carbocycles. The highest BCUT2D eigenvalue weighted by Crippen LogP contribution is 2.54. The lowest BCUT2D eigenvalue weighted by Crippen LogP contribution is -2.59. The highest BCUT2D eigenvalue weighted by molar-refractivity contribution is 5.72. The van der Waals surface area contributed by atoms with Gasteiger partial charge in [0.15, 0.2) is 0 Å². The minimum absolute atomic E-state index is 0.170. The summed E-state index contributed by atoms with van der Waals surface area (Å²) in [6.07, 6.45) is 6.33. The van der Waals surface area contributed by atoms with Crippen LogP contribution >= 0.6 is 0 Å². The van der Waals surface area contributed by atoms with Crippen LogP contribution in [0.5, 0.6) is 5.75 Å². The number of para-hydroxylation sites is 2. The maximum Gasteiger partial charge on any atom is 0.212 e. The Hall–Kier alpha value is -2.48. The van der Waals surface area contributed by atoms with Crippen molar-refractivity contribution in [2.45, 2.75) is 25.0 Å². The molecule has 1 atom stereocenters. The number of benzene rings is 2. The SMILES string of the molecule is C=CCN1c2ccccc2C(C)(C)C12C=Cc1ccccc1O2. The Kier molecular flexibility index (Phi) is 2.92. The average Bonchev–Trinajstić information content (AvgIpc) is 2.75.